The van der Waals surface area contributed by atoms with Crippen molar-refractivity contribution in [1.82, 2.24) is 4.72 Å². The number of benzene rings is 1. The van der Waals surface area contributed by atoms with E-state index in [9.17, 15) is 8.42 Å². The Hall–Kier alpha value is -0.870. The van der Waals surface area contributed by atoms with Gasteiger partial charge in [-0.1, -0.05) is 30.3 Å². The minimum atomic E-state index is -3.19. The zero-order chi connectivity index (χ0) is 12.6. The van der Waals surface area contributed by atoms with E-state index in [1.165, 1.54) is 25.7 Å². The van der Waals surface area contributed by atoms with E-state index in [0.29, 0.717) is 11.8 Å². The van der Waals surface area contributed by atoms with Crippen molar-refractivity contribution >= 4 is 10.0 Å². The van der Waals surface area contributed by atoms with Gasteiger partial charge in [-0.15, -0.1) is 0 Å². The summed E-state index contributed by atoms with van der Waals surface area (Å²) in [6.45, 7) is 0. The molecule has 0 bridgehead atoms. The van der Waals surface area contributed by atoms with E-state index in [1.807, 2.05) is 30.3 Å². The number of sulfonamides is 1. The highest BCUT2D eigenvalue weighted by atomic mass is 32.2. The SMILES string of the molecule is O=S(=O)(Cc1ccccc1)NC(C1CC1)C1CC1. The van der Waals surface area contributed by atoms with Gasteiger partial charge >= 0.3 is 0 Å². The maximum Gasteiger partial charge on any atom is 0.216 e. The predicted molar refractivity (Wildman–Crippen MR) is 71.4 cm³/mol. The first-order valence-electron chi connectivity index (χ1n) is 6.68. The minimum Gasteiger partial charge on any atom is -0.212 e. The molecule has 0 unspecified atom stereocenters. The van der Waals surface area contributed by atoms with E-state index < -0.39 is 10.0 Å². The van der Waals surface area contributed by atoms with Gasteiger partial charge in [0.25, 0.3) is 0 Å². The molecule has 0 radical (unpaired) electrons. The maximum atomic E-state index is 12.2. The van der Waals surface area contributed by atoms with E-state index in [2.05, 4.69) is 4.72 Å². The molecule has 2 aliphatic carbocycles. The third-order valence-electron chi connectivity index (χ3n) is 3.77. The van der Waals surface area contributed by atoms with Crippen LogP contribution < -0.4 is 4.72 Å². The molecule has 1 N–H and O–H groups in total. The van der Waals surface area contributed by atoms with Gasteiger partial charge in [0.15, 0.2) is 0 Å². The number of nitrogens with one attached hydrogen (secondary N) is 1. The molecule has 18 heavy (non-hydrogen) atoms. The number of hydrogen-bond acceptors (Lipinski definition) is 2. The molecule has 3 nitrogen and oxygen atoms in total. The summed E-state index contributed by atoms with van der Waals surface area (Å²) in [5.41, 5.74) is 0.857. The Labute approximate surface area is 109 Å². The minimum absolute atomic E-state index is 0.101. The molecule has 1 aromatic carbocycles. The van der Waals surface area contributed by atoms with E-state index in [4.69, 9.17) is 0 Å². The summed E-state index contributed by atoms with van der Waals surface area (Å²) in [6.07, 6.45) is 4.76. The van der Waals surface area contributed by atoms with Crippen LogP contribution in [0.1, 0.15) is 31.2 Å². The van der Waals surface area contributed by atoms with Crippen LogP contribution in [0.3, 0.4) is 0 Å². The average Bonchev–Trinajstić information content (AvgIpc) is 3.19. The van der Waals surface area contributed by atoms with Crippen LogP contribution in [-0.4, -0.2) is 14.5 Å². The second-order valence-corrected chi connectivity index (χ2v) is 7.32. The first kappa shape index (κ1) is 12.2. The summed E-state index contributed by atoms with van der Waals surface area (Å²) in [5, 5.41) is 0. The normalized spacial score (nSPS) is 20.3. The van der Waals surface area contributed by atoms with E-state index in [1.54, 1.807) is 0 Å². The van der Waals surface area contributed by atoms with Gasteiger partial charge in [-0.3, -0.25) is 0 Å². The van der Waals surface area contributed by atoms with Crippen LogP contribution >= 0.6 is 0 Å². The second kappa shape index (κ2) is 4.67. The number of hydrogen-bond donors (Lipinski definition) is 1. The molecular formula is C14H19NO2S. The van der Waals surface area contributed by atoms with Crippen LogP contribution in [0, 0.1) is 11.8 Å². The molecule has 0 amide bonds. The smallest absolute Gasteiger partial charge is 0.212 e. The summed E-state index contributed by atoms with van der Waals surface area (Å²) in [4.78, 5) is 0. The van der Waals surface area contributed by atoms with Crippen molar-refractivity contribution in [2.75, 3.05) is 0 Å². The largest absolute Gasteiger partial charge is 0.216 e. The van der Waals surface area contributed by atoms with Gasteiger partial charge in [0, 0.05) is 6.04 Å². The van der Waals surface area contributed by atoms with Gasteiger partial charge in [0.1, 0.15) is 0 Å². The molecule has 0 aliphatic heterocycles. The number of rotatable bonds is 6. The molecule has 0 heterocycles. The Balaban J connectivity index is 1.66. The summed E-state index contributed by atoms with van der Waals surface area (Å²) in [6, 6.07) is 9.60. The molecule has 2 saturated carbocycles. The van der Waals surface area contributed by atoms with Crippen molar-refractivity contribution in [2.24, 2.45) is 11.8 Å². The summed E-state index contributed by atoms with van der Waals surface area (Å²) in [7, 11) is -3.19. The van der Waals surface area contributed by atoms with Crippen LogP contribution in [0.4, 0.5) is 0 Å². The van der Waals surface area contributed by atoms with Crippen LogP contribution in [0.15, 0.2) is 30.3 Å². The van der Waals surface area contributed by atoms with Crippen LogP contribution in [-0.2, 0) is 15.8 Å². The van der Waals surface area contributed by atoms with Crippen molar-refractivity contribution in [3.8, 4) is 0 Å². The molecule has 98 valence electrons. The molecule has 1 aromatic rings. The summed E-state index contributed by atoms with van der Waals surface area (Å²) in [5.74, 6) is 1.30. The third-order valence-corrected chi connectivity index (χ3v) is 5.12. The van der Waals surface area contributed by atoms with E-state index >= 15 is 0 Å². The molecule has 2 aliphatic rings. The second-order valence-electron chi connectivity index (χ2n) is 5.56. The van der Waals surface area contributed by atoms with Gasteiger partial charge in [-0.05, 0) is 43.1 Å². The molecule has 2 fully saturated rings. The van der Waals surface area contributed by atoms with Crippen molar-refractivity contribution in [3.63, 3.8) is 0 Å². The predicted octanol–water partition coefficient (Wildman–Crippen LogP) is 2.29. The maximum absolute atomic E-state index is 12.2. The van der Waals surface area contributed by atoms with Crippen molar-refractivity contribution < 1.29 is 8.42 Å². The molecule has 0 spiro atoms. The van der Waals surface area contributed by atoms with Crippen LogP contribution in [0.25, 0.3) is 0 Å². The fraction of sp³-hybridized carbons (Fsp3) is 0.571. The highest BCUT2D eigenvalue weighted by molar-refractivity contribution is 7.88. The third kappa shape index (κ3) is 3.12. The lowest BCUT2D eigenvalue weighted by atomic mass is 10.1. The van der Waals surface area contributed by atoms with Gasteiger partial charge in [0.2, 0.25) is 10.0 Å². The van der Waals surface area contributed by atoms with Crippen LogP contribution in [0.2, 0.25) is 0 Å². The van der Waals surface area contributed by atoms with E-state index in [0.717, 1.165) is 5.56 Å². The lowest BCUT2D eigenvalue weighted by Crippen LogP contribution is -2.38. The topological polar surface area (TPSA) is 46.2 Å². The first-order valence-corrected chi connectivity index (χ1v) is 8.33. The van der Waals surface area contributed by atoms with Crippen molar-refractivity contribution in [3.05, 3.63) is 35.9 Å². The molecule has 0 saturated heterocycles. The first-order chi connectivity index (χ1) is 8.64. The molecule has 0 atom stereocenters. The standard InChI is InChI=1S/C14H19NO2S/c16-18(17,10-11-4-2-1-3-5-11)15-14(12-6-7-12)13-8-9-13/h1-5,12-15H,6-10H2. The highest BCUT2D eigenvalue weighted by Crippen LogP contribution is 2.44. The van der Waals surface area contributed by atoms with Gasteiger partial charge in [-0.25, -0.2) is 13.1 Å². The zero-order valence-corrected chi connectivity index (χ0v) is 11.2. The highest BCUT2D eigenvalue weighted by Gasteiger charge is 2.43. The Morgan fingerprint density at radius 1 is 1.06 bits per heavy atom. The van der Waals surface area contributed by atoms with Crippen molar-refractivity contribution in [1.29, 1.82) is 0 Å². The fourth-order valence-corrected chi connectivity index (χ4v) is 4.04. The Bertz CT molecular complexity index is 492. The summed E-state index contributed by atoms with van der Waals surface area (Å²) < 4.78 is 27.3. The molecule has 4 heteroatoms. The lowest BCUT2D eigenvalue weighted by Gasteiger charge is -2.17. The van der Waals surface area contributed by atoms with Gasteiger partial charge in [-0.2, -0.15) is 0 Å². The zero-order valence-electron chi connectivity index (χ0n) is 10.4. The summed E-state index contributed by atoms with van der Waals surface area (Å²) >= 11 is 0. The van der Waals surface area contributed by atoms with Gasteiger partial charge in [0.05, 0.1) is 5.75 Å². The quantitative estimate of drug-likeness (QED) is 0.858. The van der Waals surface area contributed by atoms with Gasteiger partial charge < -0.3 is 0 Å². The molecule has 0 aromatic heterocycles. The van der Waals surface area contributed by atoms with Crippen molar-refractivity contribution in [2.45, 2.75) is 37.5 Å². The Kier molecular flexibility index (Phi) is 3.16. The van der Waals surface area contributed by atoms with Crippen LogP contribution in [0.5, 0.6) is 0 Å². The van der Waals surface area contributed by atoms with E-state index in [-0.39, 0.29) is 11.8 Å². The Morgan fingerprint density at radius 3 is 2.11 bits per heavy atom. The average molecular weight is 265 g/mol. The fourth-order valence-electron chi connectivity index (χ4n) is 2.53. The monoisotopic (exact) mass is 265 g/mol. The Morgan fingerprint density at radius 2 is 1.61 bits per heavy atom. The molecule has 3 rings (SSSR count). The molecular weight excluding hydrogens is 246 g/mol. The lowest BCUT2D eigenvalue weighted by molar-refractivity contribution is 0.471.